The minimum Gasteiger partial charge on any atom is -0.480 e. The first-order valence-corrected chi connectivity index (χ1v) is 10.0. The largest absolute Gasteiger partial charge is 0.480 e. The Bertz CT molecular complexity index is 1200. The predicted octanol–water partition coefficient (Wildman–Crippen LogP) is 3.64. The number of aromatic amines is 1. The van der Waals surface area contributed by atoms with Crippen molar-refractivity contribution in [3.63, 3.8) is 0 Å². The third-order valence-electron chi connectivity index (χ3n) is 5.53. The molecule has 162 valence electrons. The zero-order valence-electron chi connectivity index (χ0n) is 16.8. The van der Waals surface area contributed by atoms with Crippen LogP contribution in [-0.4, -0.2) is 55.4 Å². The van der Waals surface area contributed by atoms with Crippen LogP contribution in [0, 0.1) is 0 Å². The number of hydrogen-bond acceptors (Lipinski definition) is 7. The smallest absolute Gasteiger partial charge is 0.345 e. The van der Waals surface area contributed by atoms with E-state index in [1.807, 2.05) is 24.5 Å². The highest BCUT2D eigenvalue weighted by Crippen LogP contribution is 2.34. The number of alkyl halides is 2. The van der Waals surface area contributed by atoms with Crippen molar-refractivity contribution in [1.29, 1.82) is 0 Å². The Morgan fingerprint density at radius 2 is 2.00 bits per heavy atom. The van der Waals surface area contributed by atoms with Crippen LogP contribution < -0.4 is 10.1 Å². The molecule has 5 rings (SSSR count). The van der Waals surface area contributed by atoms with Gasteiger partial charge >= 0.3 is 6.61 Å². The van der Waals surface area contributed by atoms with Gasteiger partial charge in [-0.1, -0.05) is 0 Å². The molecule has 0 saturated heterocycles. The first kappa shape index (κ1) is 19.6. The number of nitrogens with zero attached hydrogens (tertiary/aromatic N) is 5. The van der Waals surface area contributed by atoms with Crippen LogP contribution in [0.2, 0.25) is 0 Å². The number of fused-ring (bicyclic) bond motifs is 2. The molecule has 0 radical (unpaired) electrons. The van der Waals surface area contributed by atoms with Crippen LogP contribution in [0.1, 0.15) is 25.7 Å². The summed E-state index contributed by atoms with van der Waals surface area (Å²) >= 11 is 0. The molecule has 0 amide bonds. The lowest BCUT2D eigenvalue weighted by molar-refractivity contribution is -0.169. The molecular weight excluding hydrogens is 408 g/mol. The van der Waals surface area contributed by atoms with Crippen molar-refractivity contribution >= 4 is 22.6 Å². The van der Waals surface area contributed by atoms with Crippen LogP contribution in [0.25, 0.3) is 27.9 Å². The van der Waals surface area contributed by atoms with E-state index in [4.69, 9.17) is 4.74 Å². The van der Waals surface area contributed by atoms with Crippen LogP contribution in [0.5, 0.6) is 5.88 Å². The lowest BCUT2D eigenvalue weighted by Crippen LogP contribution is -2.31. The molecule has 4 aromatic heterocycles. The van der Waals surface area contributed by atoms with Gasteiger partial charge in [0.2, 0.25) is 11.8 Å². The number of aromatic nitrogens is 6. The summed E-state index contributed by atoms with van der Waals surface area (Å²) in [6.07, 6.45) is 7.49. The molecule has 11 heteroatoms. The Morgan fingerprint density at radius 3 is 2.77 bits per heavy atom. The van der Waals surface area contributed by atoms with E-state index in [0.29, 0.717) is 43.2 Å². The highest BCUT2D eigenvalue weighted by atomic mass is 19.3. The van der Waals surface area contributed by atoms with E-state index in [2.05, 4.69) is 35.1 Å². The van der Waals surface area contributed by atoms with Gasteiger partial charge in [-0.15, -0.1) is 0 Å². The predicted molar refractivity (Wildman–Crippen MR) is 109 cm³/mol. The maximum absolute atomic E-state index is 12.4. The fourth-order valence-corrected chi connectivity index (χ4v) is 4.05. The Morgan fingerprint density at radius 1 is 1.16 bits per heavy atom. The first-order valence-electron chi connectivity index (χ1n) is 10.0. The molecular formula is C20H21F2N7O2. The van der Waals surface area contributed by atoms with E-state index in [0.717, 1.165) is 22.3 Å². The van der Waals surface area contributed by atoms with Crippen molar-refractivity contribution in [2.45, 2.75) is 44.4 Å². The van der Waals surface area contributed by atoms with Gasteiger partial charge in [-0.2, -0.15) is 23.8 Å². The molecule has 0 spiro atoms. The quantitative estimate of drug-likeness (QED) is 0.482. The molecule has 1 saturated carbocycles. The Labute approximate surface area is 175 Å². The van der Waals surface area contributed by atoms with Crippen molar-refractivity contribution in [3.8, 4) is 17.1 Å². The van der Waals surface area contributed by atoms with Crippen molar-refractivity contribution in [2.75, 3.05) is 12.4 Å². The standard InChI is InChI=1S/C20H21F2N7O2/c1-30-18-16-13(14-7-9-29-15(26-14)6-8-24-29)10-23-17(16)27-20(28-18)25-11-2-4-12(5-3-11)31-19(21)22/h6-12,19H,2-5H2,1H3,(H2,23,25,27,28)/t11-,12+. The molecule has 1 aliphatic rings. The van der Waals surface area contributed by atoms with E-state index in [-0.39, 0.29) is 6.04 Å². The van der Waals surface area contributed by atoms with Crippen molar-refractivity contribution in [3.05, 3.63) is 30.7 Å². The van der Waals surface area contributed by atoms with Crippen LogP contribution in [0.3, 0.4) is 0 Å². The maximum Gasteiger partial charge on any atom is 0.345 e. The molecule has 2 N–H and O–H groups in total. The number of methoxy groups -OCH3 is 1. The van der Waals surface area contributed by atoms with E-state index in [1.54, 1.807) is 17.8 Å². The van der Waals surface area contributed by atoms with Crippen LogP contribution in [0.15, 0.2) is 30.7 Å². The summed E-state index contributed by atoms with van der Waals surface area (Å²) in [5.41, 5.74) is 2.93. The van der Waals surface area contributed by atoms with Crippen LogP contribution >= 0.6 is 0 Å². The van der Waals surface area contributed by atoms with Gasteiger partial charge in [0.05, 0.1) is 30.5 Å². The topological polar surface area (TPSA) is 102 Å². The first-order chi connectivity index (χ1) is 15.1. The second-order valence-electron chi connectivity index (χ2n) is 7.44. The van der Waals surface area contributed by atoms with Gasteiger partial charge in [0.25, 0.3) is 0 Å². The van der Waals surface area contributed by atoms with E-state index >= 15 is 0 Å². The SMILES string of the molecule is COc1nc(N[C@H]2CC[C@@H](OC(F)F)CC2)nc2[nH]cc(-c3ccn4nccc4n3)c12. The molecule has 0 aliphatic heterocycles. The number of halogens is 2. The summed E-state index contributed by atoms with van der Waals surface area (Å²) < 4.78 is 36.7. The van der Waals surface area contributed by atoms with Gasteiger partial charge in [0.15, 0.2) is 5.65 Å². The van der Waals surface area contributed by atoms with Gasteiger partial charge < -0.3 is 19.8 Å². The molecule has 1 fully saturated rings. The summed E-state index contributed by atoms with van der Waals surface area (Å²) in [5, 5.41) is 8.20. The molecule has 0 bridgehead atoms. The molecule has 9 nitrogen and oxygen atoms in total. The van der Waals surface area contributed by atoms with Crippen molar-refractivity contribution in [2.24, 2.45) is 0 Å². The second kappa shape index (κ2) is 8.06. The van der Waals surface area contributed by atoms with E-state index in [9.17, 15) is 8.78 Å². The summed E-state index contributed by atoms with van der Waals surface area (Å²) in [5.74, 6) is 0.851. The zero-order valence-corrected chi connectivity index (χ0v) is 16.8. The molecule has 31 heavy (non-hydrogen) atoms. The number of anilines is 1. The molecule has 4 aromatic rings. The summed E-state index contributed by atoms with van der Waals surface area (Å²) in [7, 11) is 1.56. The minimum absolute atomic E-state index is 0.0834. The third-order valence-corrected chi connectivity index (χ3v) is 5.53. The highest BCUT2D eigenvalue weighted by Gasteiger charge is 2.25. The van der Waals surface area contributed by atoms with Gasteiger partial charge in [-0.3, -0.25) is 0 Å². The third kappa shape index (κ3) is 3.88. The Balaban J connectivity index is 1.39. The number of H-pyrrole nitrogens is 1. The number of nitrogens with one attached hydrogen (secondary N) is 2. The second-order valence-corrected chi connectivity index (χ2v) is 7.44. The van der Waals surface area contributed by atoms with Gasteiger partial charge in [-0.05, 0) is 31.7 Å². The monoisotopic (exact) mass is 429 g/mol. The lowest BCUT2D eigenvalue weighted by Gasteiger charge is -2.28. The summed E-state index contributed by atoms with van der Waals surface area (Å²) in [6.45, 7) is -2.73. The van der Waals surface area contributed by atoms with Crippen LogP contribution in [0.4, 0.5) is 14.7 Å². The van der Waals surface area contributed by atoms with Gasteiger partial charge in [-0.25, -0.2) is 9.50 Å². The molecule has 4 heterocycles. The Kier molecular flexibility index (Phi) is 5.10. The summed E-state index contributed by atoms with van der Waals surface area (Å²) in [6, 6.07) is 3.78. The zero-order chi connectivity index (χ0) is 21.4. The normalized spacial score (nSPS) is 19.4. The molecule has 0 unspecified atom stereocenters. The van der Waals surface area contributed by atoms with Crippen molar-refractivity contribution in [1.82, 2.24) is 29.5 Å². The minimum atomic E-state index is -2.73. The molecule has 0 aromatic carbocycles. The van der Waals surface area contributed by atoms with Gasteiger partial charge in [0, 0.05) is 30.1 Å². The molecule has 1 aliphatic carbocycles. The lowest BCUT2D eigenvalue weighted by atomic mass is 9.93. The van der Waals surface area contributed by atoms with Gasteiger partial charge in [0.1, 0.15) is 5.65 Å². The Hall–Kier alpha value is -3.34. The van der Waals surface area contributed by atoms with Crippen molar-refractivity contribution < 1.29 is 18.3 Å². The molecule has 0 atom stereocenters. The van der Waals surface area contributed by atoms with Crippen LogP contribution in [-0.2, 0) is 4.74 Å². The average Bonchev–Trinajstić information content (AvgIpc) is 3.40. The maximum atomic E-state index is 12.4. The van der Waals surface area contributed by atoms with E-state index < -0.39 is 12.7 Å². The highest BCUT2D eigenvalue weighted by molar-refractivity contribution is 5.97. The number of hydrogen-bond donors (Lipinski definition) is 2. The van der Waals surface area contributed by atoms with E-state index in [1.165, 1.54) is 0 Å². The fraction of sp³-hybridized carbons (Fsp3) is 0.400. The average molecular weight is 429 g/mol. The summed E-state index contributed by atoms with van der Waals surface area (Å²) in [4.78, 5) is 16.9. The number of rotatable bonds is 6. The number of ether oxygens (including phenoxy) is 2. The fourth-order valence-electron chi connectivity index (χ4n) is 4.05.